The summed E-state index contributed by atoms with van der Waals surface area (Å²) in [5.74, 6) is -6.51. The van der Waals surface area contributed by atoms with Crippen molar-refractivity contribution in [3.05, 3.63) is 62.9 Å². The maximum atomic E-state index is 13.2. The molecule has 0 saturated heterocycles. The molecule has 1 aromatic carbocycles. The maximum Gasteiger partial charge on any atom is 0.259 e. The molecule has 2 aliphatic rings. The molecule has 2 heterocycles. The molecule has 2 unspecified atom stereocenters. The molecule has 1 aliphatic heterocycles. The minimum atomic E-state index is -3.07. The number of nitrogens with one attached hydrogen (secondary N) is 2. The van der Waals surface area contributed by atoms with Crippen LogP contribution in [0.25, 0.3) is 5.70 Å². The number of ketones is 2. The number of Topliss-reactive ketones (excluding diaryl/α,β-unsaturated/α-hetero) is 2. The van der Waals surface area contributed by atoms with Gasteiger partial charge in [-0.3, -0.25) is 9.59 Å². The third-order valence-electron chi connectivity index (χ3n) is 4.68. The smallest absolute Gasteiger partial charge is 0.259 e. The Hall–Kier alpha value is -2.25. The number of alkyl halides is 2. The van der Waals surface area contributed by atoms with Crippen molar-refractivity contribution in [1.29, 1.82) is 0 Å². The SMILES string of the molecule is O=C(C(=O)C1CC1(F)F)C1=C(c2cccs2)NC(c2ccc(Cl)cc2)CN1. The number of benzene rings is 1. The molecule has 2 aromatic rings. The average molecular weight is 409 g/mol. The fourth-order valence-electron chi connectivity index (χ4n) is 3.07. The third kappa shape index (κ3) is 3.49. The fourth-order valence-corrected chi connectivity index (χ4v) is 3.94. The predicted molar refractivity (Wildman–Crippen MR) is 99.6 cm³/mol. The Labute approximate surface area is 163 Å². The Kier molecular flexibility index (Phi) is 4.52. The Bertz CT molecular complexity index is 926. The largest absolute Gasteiger partial charge is 0.378 e. The first-order valence-electron chi connectivity index (χ1n) is 8.37. The van der Waals surface area contributed by atoms with Gasteiger partial charge in [-0.2, -0.15) is 0 Å². The van der Waals surface area contributed by atoms with E-state index in [2.05, 4.69) is 10.6 Å². The normalized spacial score (nSPS) is 23.4. The first-order valence-corrected chi connectivity index (χ1v) is 9.63. The van der Waals surface area contributed by atoms with Gasteiger partial charge in [0.2, 0.25) is 11.6 Å². The summed E-state index contributed by atoms with van der Waals surface area (Å²) in [7, 11) is 0. The van der Waals surface area contributed by atoms with Crippen LogP contribution in [-0.4, -0.2) is 24.0 Å². The molecule has 2 atom stereocenters. The van der Waals surface area contributed by atoms with Crippen molar-refractivity contribution in [2.45, 2.75) is 18.4 Å². The second-order valence-electron chi connectivity index (χ2n) is 6.57. The van der Waals surface area contributed by atoms with E-state index in [9.17, 15) is 18.4 Å². The molecule has 1 aromatic heterocycles. The lowest BCUT2D eigenvalue weighted by Gasteiger charge is -2.30. The van der Waals surface area contributed by atoms with Gasteiger partial charge < -0.3 is 10.6 Å². The molecule has 4 rings (SSSR count). The van der Waals surface area contributed by atoms with Crippen LogP contribution in [0.2, 0.25) is 5.02 Å². The topological polar surface area (TPSA) is 58.2 Å². The number of rotatable bonds is 5. The minimum Gasteiger partial charge on any atom is -0.378 e. The number of allylic oxidation sites excluding steroid dienone is 1. The van der Waals surface area contributed by atoms with Crippen molar-refractivity contribution in [1.82, 2.24) is 10.6 Å². The molecule has 0 spiro atoms. The van der Waals surface area contributed by atoms with Gasteiger partial charge in [0.1, 0.15) is 5.70 Å². The van der Waals surface area contributed by atoms with E-state index in [1.54, 1.807) is 12.1 Å². The summed E-state index contributed by atoms with van der Waals surface area (Å²) in [6.45, 7) is 0.339. The van der Waals surface area contributed by atoms with Crippen LogP contribution in [0.3, 0.4) is 0 Å². The summed E-state index contributed by atoms with van der Waals surface area (Å²) in [6.07, 6.45) is -0.556. The summed E-state index contributed by atoms with van der Waals surface area (Å²) >= 11 is 7.32. The van der Waals surface area contributed by atoms with Gasteiger partial charge in [-0.15, -0.1) is 11.3 Å². The average Bonchev–Trinajstić information content (AvgIpc) is 3.06. The molecule has 4 nitrogen and oxygen atoms in total. The number of hydrogen-bond acceptors (Lipinski definition) is 5. The van der Waals surface area contributed by atoms with Crippen LogP contribution in [0.15, 0.2) is 47.5 Å². The van der Waals surface area contributed by atoms with Crippen molar-refractivity contribution in [2.75, 3.05) is 6.54 Å². The van der Waals surface area contributed by atoms with Gasteiger partial charge >= 0.3 is 0 Å². The molecule has 1 saturated carbocycles. The Morgan fingerprint density at radius 3 is 2.48 bits per heavy atom. The molecule has 0 bridgehead atoms. The zero-order chi connectivity index (χ0) is 19.2. The highest BCUT2D eigenvalue weighted by Gasteiger charge is 2.62. The van der Waals surface area contributed by atoms with Gasteiger partial charge in [-0.05, 0) is 29.1 Å². The molecule has 0 radical (unpaired) electrons. The molecule has 27 heavy (non-hydrogen) atoms. The molecule has 140 valence electrons. The van der Waals surface area contributed by atoms with E-state index in [4.69, 9.17) is 11.6 Å². The molecule has 1 aliphatic carbocycles. The van der Waals surface area contributed by atoms with E-state index in [1.165, 1.54) is 11.3 Å². The minimum absolute atomic E-state index is 0.0513. The number of carbonyl (C=O) groups is 2. The molecule has 8 heteroatoms. The highest BCUT2D eigenvalue weighted by Crippen LogP contribution is 2.49. The Morgan fingerprint density at radius 1 is 1.19 bits per heavy atom. The molecule has 0 amide bonds. The van der Waals surface area contributed by atoms with Crippen molar-refractivity contribution >= 4 is 40.2 Å². The van der Waals surface area contributed by atoms with Gasteiger partial charge in [-0.1, -0.05) is 29.8 Å². The van der Waals surface area contributed by atoms with Crippen molar-refractivity contribution in [2.24, 2.45) is 5.92 Å². The summed E-state index contributed by atoms with van der Waals surface area (Å²) in [4.78, 5) is 25.5. The van der Waals surface area contributed by atoms with Gasteiger partial charge in [0.15, 0.2) is 0 Å². The predicted octanol–water partition coefficient (Wildman–Crippen LogP) is 3.80. The highest BCUT2D eigenvalue weighted by atomic mass is 35.5. The van der Waals surface area contributed by atoms with Crippen molar-refractivity contribution in [3.8, 4) is 0 Å². The van der Waals surface area contributed by atoms with Gasteiger partial charge in [0, 0.05) is 18.0 Å². The van der Waals surface area contributed by atoms with Crippen molar-refractivity contribution < 1.29 is 18.4 Å². The zero-order valence-electron chi connectivity index (χ0n) is 14.0. The summed E-state index contributed by atoms with van der Waals surface area (Å²) in [5.41, 5.74) is 1.46. The third-order valence-corrected chi connectivity index (χ3v) is 5.82. The molecular formula is C19H15ClF2N2O2S. The monoisotopic (exact) mass is 408 g/mol. The Morgan fingerprint density at radius 2 is 1.89 bits per heavy atom. The van der Waals surface area contributed by atoms with Crippen molar-refractivity contribution in [3.63, 3.8) is 0 Å². The molecular weight excluding hydrogens is 394 g/mol. The number of halogens is 3. The second-order valence-corrected chi connectivity index (χ2v) is 7.95. The van der Waals surface area contributed by atoms with Crippen LogP contribution < -0.4 is 10.6 Å². The summed E-state index contributed by atoms with van der Waals surface area (Å²) in [6, 6.07) is 10.8. The van der Waals surface area contributed by atoms with E-state index >= 15 is 0 Å². The van der Waals surface area contributed by atoms with Crippen LogP contribution in [-0.2, 0) is 9.59 Å². The van der Waals surface area contributed by atoms with E-state index in [0.717, 1.165) is 10.4 Å². The van der Waals surface area contributed by atoms with Crippen LogP contribution >= 0.6 is 22.9 Å². The summed E-state index contributed by atoms with van der Waals surface area (Å²) < 4.78 is 26.5. The van der Waals surface area contributed by atoms with E-state index in [-0.39, 0.29) is 11.7 Å². The standard InChI is InChI=1S/C19H15ClF2N2O2S/c20-11-5-3-10(4-6-11)13-9-23-16(15(24-13)14-2-1-7-27-14)18(26)17(25)12-8-19(12,21)22/h1-7,12-13,23-24H,8-9H2. The quantitative estimate of drug-likeness (QED) is 0.739. The zero-order valence-corrected chi connectivity index (χ0v) is 15.5. The number of hydrogen-bond donors (Lipinski definition) is 2. The molecule has 2 N–H and O–H groups in total. The van der Waals surface area contributed by atoms with Crippen LogP contribution in [0.1, 0.15) is 22.9 Å². The summed E-state index contributed by atoms with van der Waals surface area (Å²) in [5, 5.41) is 8.72. The van der Waals surface area contributed by atoms with E-state index in [0.29, 0.717) is 17.3 Å². The van der Waals surface area contributed by atoms with E-state index < -0.39 is 29.8 Å². The van der Waals surface area contributed by atoms with Gasteiger partial charge in [0.05, 0.1) is 22.5 Å². The van der Waals surface area contributed by atoms with Gasteiger partial charge in [-0.25, -0.2) is 8.78 Å². The van der Waals surface area contributed by atoms with Crippen LogP contribution in [0, 0.1) is 5.92 Å². The molecule has 1 fully saturated rings. The Balaban J connectivity index is 1.65. The lowest BCUT2D eigenvalue weighted by atomic mass is 10.0. The second kappa shape index (κ2) is 6.73. The fraction of sp³-hybridized carbons (Fsp3) is 0.263. The van der Waals surface area contributed by atoms with Gasteiger partial charge in [0.25, 0.3) is 5.92 Å². The maximum absolute atomic E-state index is 13.2. The number of carbonyl (C=O) groups excluding carboxylic acids is 2. The highest BCUT2D eigenvalue weighted by molar-refractivity contribution is 7.11. The number of thiophene rings is 1. The van der Waals surface area contributed by atoms with Crippen LogP contribution in [0.4, 0.5) is 8.78 Å². The lowest BCUT2D eigenvalue weighted by molar-refractivity contribution is -0.136. The van der Waals surface area contributed by atoms with E-state index in [1.807, 2.05) is 29.6 Å². The lowest BCUT2D eigenvalue weighted by Crippen LogP contribution is -2.42. The first-order chi connectivity index (χ1) is 12.9. The first kappa shape index (κ1) is 18.1. The van der Waals surface area contributed by atoms with Crippen LogP contribution in [0.5, 0.6) is 0 Å².